The van der Waals surface area contributed by atoms with Crippen LogP contribution in [0.2, 0.25) is 0 Å². The lowest BCUT2D eigenvalue weighted by molar-refractivity contribution is -0.148. The molecule has 2 amide bonds. The van der Waals surface area contributed by atoms with Crippen molar-refractivity contribution in [1.29, 1.82) is 0 Å². The van der Waals surface area contributed by atoms with E-state index in [1.165, 1.54) is 82.0 Å². The van der Waals surface area contributed by atoms with Gasteiger partial charge >= 0.3 is 43.2 Å². The minimum atomic E-state index is -1.51. The molecule has 6 aliphatic heterocycles. The highest BCUT2D eigenvalue weighted by Gasteiger charge is 2.43. The van der Waals surface area contributed by atoms with E-state index in [9.17, 15) is 33.9 Å². The highest BCUT2D eigenvalue weighted by Crippen LogP contribution is 2.45. The molecule has 23 heteroatoms. The molecule has 1 aliphatic carbocycles. The topological polar surface area (TPSA) is 296 Å². The van der Waals surface area contributed by atoms with Crippen LogP contribution < -0.4 is 36.6 Å². The molecule has 13 rings (SSSR count). The molecular formula is C88H127BN6O16. The second-order valence-corrected chi connectivity index (χ2v) is 29.0. The van der Waals surface area contributed by atoms with E-state index in [1.54, 1.807) is 34.1 Å². The molecule has 7 aliphatic rings. The summed E-state index contributed by atoms with van der Waals surface area (Å²) in [5.41, 5.74) is 13.2. The van der Waals surface area contributed by atoms with Crippen LogP contribution in [0.5, 0.6) is 11.5 Å². The lowest BCUT2D eigenvalue weighted by Crippen LogP contribution is -2.50. The van der Waals surface area contributed by atoms with Gasteiger partial charge in [-0.1, -0.05) is 141 Å². The first-order valence-electron chi connectivity index (χ1n) is 37.3. The first-order valence-corrected chi connectivity index (χ1v) is 37.3. The molecule has 6 aromatic rings. The van der Waals surface area contributed by atoms with Crippen molar-refractivity contribution in [3.63, 3.8) is 0 Å². The number of esters is 3. The van der Waals surface area contributed by atoms with Gasteiger partial charge in [-0.05, 0) is 219 Å². The van der Waals surface area contributed by atoms with Crippen molar-refractivity contribution in [1.82, 2.24) is 25.8 Å². The van der Waals surface area contributed by atoms with Crippen LogP contribution in [0.1, 0.15) is 214 Å². The molecule has 3 saturated heterocycles. The van der Waals surface area contributed by atoms with Gasteiger partial charge in [-0.15, -0.1) is 0 Å². The summed E-state index contributed by atoms with van der Waals surface area (Å²) in [7, 11) is 1.16. The molecule has 8 N–H and O–H groups in total. The first kappa shape index (κ1) is 95.8. The number of rotatable bonds is 12. The Labute approximate surface area is 661 Å². The van der Waals surface area contributed by atoms with Gasteiger partial charge in [0.15, 0.2) is 0 Å². The summed E-state index contributed by atoms with van der Waals surface area (Å²) >= 11 is 0. The van der Waals surface area contributed by atoms with Crippen LogP contribution in [0.3, 0.4) is 0 Å². The number of carbonyl (C=O) groups excluding carboxylic acids is 5. The van der Waals surface area contributed by atoms with Crippen LogP contribution in [0.4, 0.5) is 9.59 Å². The van der Waals surface area contributed by atoms with Gasteiger partial charge < -0.3 is 79.8 Å². The number of nitrogens with one attached hydrogen (secondary N) is 3. The Morgan fingerprint density at radius 3 is 1.31 bits per heavy atom. The van der Waals surface area contributed by atoms with E-state index in [4.69, 9.17) is 44.2 Å². The Balaban J connectivity index is 0.000000369. The fraction of sp³-hybridized carbons (Fsp3) is 0.477. The fourth-order valence-corrected chi connectivity index (χ4v) is 12.5. The Morgan fingerprint density at radius 1 is 0.559 bits per heavy atom. The number of fused-ring (bicyclic) bond motifs is 3. The van der Waals surface area contributed by atoms with Crippen molar-refractivity contribution in [2.75, 3.05) is 79.7 Å². The number of carbonyl (C=O) groups is 6. The minimum absolute atomic E-state index is 0. The number of methoxy groups -OCH3 is 2. The number of amides is 2. The predicted molar refractivity (Wildman–Crippen MR) is 443 cm³/mol. The van der Waals surface area contributed by atoms with Crippen molar-refractivity contribution in [2.24, 2.45) is 17.6 Å². The summed E-state index contributed by atoms with van der Waals surface area (Å²) in [4.78, 5) is 73.6. The summed E-state index contributed by atoms with van der Waals surface area (Å²) in [6.45, 7) is 27.1. The second-order valence-electron chi connectivity index (χ2n) is 29.0. The highest BCUT2D eigenvalue weighted by molar-refractivity contribution is 6.58. The molecule has 0 radical (unpaired) electrons. The van der Waals surface area contributed by atoms with Crippen LogP contribution in [0.25, 0.3) is 11.1 Å². The van der Waals surface area contributed by atoms with Crippen molar-refractivity contribution in [2.45, 2.75) is 185 Å². The number of benzene rings is 6. The Hall–Kier alpha value is -9.36. The standard InChI is InChI=1S/C26H29NO5.C25H27NO5.C8H9BO4.C8H15NO2.C8H9N.C7H15N.C2H7N.4CH4/c1-25(2,3)32-24(29)27-15-13-26(14-16-27)17-21(20-7-5-6-8-22(20)31-26)18-9-11-19(12-10-18)23(28)30-4;1-24(2,3)31-23(29)26-14-12-25(13-15-26)16-20(19-6-4-5-7-21(19)30-25)17-8-10-18(11-9-17)22(27)28;1-13-8(10)6-2-4-7(5-3-6)9(11)12;1-2-11-8(10)7-3-5-9-6-4-7;1-2-4-8-6-9-5-7(8)3-1;1-2-5-8-6-7-3-4-7;1-2-3;;;;/h5-12,17H,13-16H2,1-4H3;4-11,16H,12-15H2,1-3H3,(H,27,28);2-5,11-12H,1H3;7,9H,2-6H2,1H3;1-4,9H,5-6H2;7-8H,2-6H2,1H3;2-3H2,1H3;4*1H4. The molecule has 2 spiro atoms. The van der Waals surface area contributed by atoms with Crippen molar-refractivity contribution in [3.05, 3.63) is 208 Å². The second kappa shape index (κ2) is 46.5. The third-order valence-electron chi connectivity index (χ3n) is 18.3. The van der Waals surface area contributed by atoms with Crippen LogP contribution in [0.15, 0.2) is 158 Å². The summed E-state index contributed by atoms with van der Waals surface area (Å²) in [5.74, 6) is 1.05. The van der Waals surface area contributed by atoms with Gasteiger partial charge in [0.2, 0.25) is 0 Å². The molecule has 0 unspecified atom stereocenters. The molecule has 111 heavy (non-hydrogen) atoms. The van der Waals surface area contributed by atoms with E-state index in [-0.39, 0.29) is 65.3 Å². The summed E-state index contributed by atoms with van der Waals surface area (Å²) in [6, 6.07) is 44.6. The highest BCUT2D eigenvalue weighted by atomic mass is 16.6. The maximum atomic E-state index is 12.5. The molecule has 0 atom stereocenters. The lowest BCUT2D eigenvalue weighted by atomic mass is 9.80. The van der Waals surface area contributed by atoms with E-state index < -0.39 is 41.5 Å². The van der Waals surface area contributed by atoms with Crippen LogP contribution in [0, 0.1) is 11.8 Å². The zero-order valence-corrected chi connectivity index (χ0v) is 64.2. The largest absolute Gasteiger partial charge is 0.488 e. The smallest absolute Gasteiger partial charge is 0.482 e. The van der Waals surface area contributed by atoms with Crippen LogP contribution >= 0.6 is 0 Å². The number of hydrogen-bond acceptors (Lipinski definition) is 19. The average Bonchev–Trinajstić information content (AvgIpc) is 1.07. The number of ether oxygens (including phenoxy) is 7. The monoisotopic (exact) mass is 1530 g/mol. The third kappa shape index (κ3) is 30.0. The number of aromatic carboxylic acids is 1. The van der Waals surface area contributed by atoms with E-state index in [0.29, 0.717) is 75.1 Å². The van der Waals surface area contributed by atoms with Crippen LogP contribution in [-0.4, -0.2) is 170 Å². The van der Waals surface area contributed by atoms with Gasteiger partial charge in [0.25, 0.3) is 0 Å². The zero-order chi connectivity index (χ0) is 77.7. The van der Waals surface area contributed by atoms with Crippen molar-refractivity contribution in [3.8, 4) is 11.5 Å². The van der Waals surface area contributed by atoms with Gasteiger partial charge in [0, 0.05) is 76.1 Å². The Morgan fingerprint density at radius 2 is 0.946 bits per heavy atom. The number of piperidine rings is 3. The molecule has 1 saturated carbocycles. The van der Waals surface area contributed by atoms with E-state index in [0.717, 1.165) is 96.4 Å². The predicted octanol–water partition coefficient (Wildman–Crippen LogP) is 14.9. The number of nitrogens with zero attached hydrogens (tertiary/aromatic N) is 2. The van der Waals surface area contributed by atoms with Crippen molar-refractivity contribution >= 4 is 59.8 Å². The average molecular weight is 1540 g/mol. The molecule has 608 valence electrons. The molecule has 0 aromatic heterocycles. The molecule has 6 aromatic carbocycles. The number of likely N-dealkylation sites (tertiary alicyclic amines) is 2. The molecule has 0 bridgehead atoms. The van der Waals surface area contributed by atoms with Gasteiger partial charge in [-0.2, -0.15) is 0 Å². The molecule has 4 fully saturated rings. The zero-order valence-electron chi connectivity index (χ0n) is 64.2. The number of nitrogens with two attached hydrogens (primary N) is 1. The van der Waals surface area contributed by atoms with Crippen LogP contribution in [-0.2, 0) is 41.6 Å². The Bertz CT molecular complexity index is 3880. The Kier molecular flexibility index (Phi) is 40.1. The normalized spacial score (nSPS) is 15.7. The third-order valence-corrected chi connectivity index (χ3v) is 18.3. The summed E-state index contributed by atoms with van der Waals surface area (Å²) in [5, 5.41) is 36.6. The van der Waals surface area contributed by atoms with Gasteiger partial charge in [0.05, 0.1) is 43.4 Å². The lowest BCUT2D eigenvalue weighted by Gasteiger charge is -2.43. The molecule has 22 nitrogen and oxygen atoms in total. The molecular weight excluding hydrogens is 1410 g/mol. The summed E-state index contributed by atoms with van der Waals surface area (Å²) in [6.07, 6.45) is 12.4. The molecule has 6 heterocycles. The fourth-order valence-electron chi connectivity index (χ4n) is 12.5. The maximum Gasteiger partial charge on any atom is 0.488 e. The minimum Gasteiger partial charge on any atom is -0.482 e. The van der Waals surface area contributed by atoms with Gasteiger partial charge in [0.1, 0.15) is 33.9 Å². The number of hydrogen-bond donors (Lipinski definition) is 7. The van der Waals surface area contributed by atoms with E-state index in [1.807, 2.05) is 128 Å². The van der Waals surface area contributed by atoms with Gasteiger partial charge in [-0.3, -0.25) is 4.79 Å². The van der Waals surface area contributed by atoms with Gasteiger partial charge in [-0.25, -0.2) is 24.0 Å². The number of carboxylic acid groups (broad SMARTS) is 1. The summed E-state index contributed by atoms with van der Waals surface area (Å²) < 4.78 is 38.2. The SMILES string of the molecule is C.C.C.C.CC(C)(C)OC(=O)N1CCC2(C=C(c3ccc(C(=O)O)cc3)c3ccccc3O2)CC1.CCCNCC1CC1.CCN.CCOC(=O)C1CCNCC1.COC(=O)c1ccc(B(O)O)cc1.COC(=O)c1ccc(C2=CC3(CCN(C(=O)OC(C)(C)C)CC3)Oc3ccccc32)cc1.c1ccc2c(c1)CNC2. The first-order chi connectivity index (χ1) is 51.2. The maximum absolute atomic E-state index is 12.5. The van der Waals surface area contributed by atoms with E-state index >= 15 is 0 Å². The van der Waals surface area contributed by atoms with E-state index in [2.05, 4.69) is 64.0 Å². The quantitative estimate of drug-likeness (QED) is 0.0259. The number of para-hydroxylation sites is 2. The van der Waals surface area contributed by atoms with Crippen molar-refractivity contribution < 1.29 is 77.1 Å². The number of carboxylic acids is 1.